The molecule has 29 heavy (non-hydrogen) atoms. The van der Waals surface area contributed by atoms with E-state index in [2.05, 4.69) is 10.3 Å². The van der Waals surface area contributed by atoms with Gasteiger partial charge in [0.05, 0.1) is 18.4 Å². The second-order valence-electron chi connectivity index (χ2n) is 6.48. The van der Waals surface area contributed by atoms with Gasteiger partial charge in [0, 0.05) is 24.1 Å². The Labute approximate surface area is 170 Å². The van der Waals surface area contributed by atoms with Gasteiger partial charge in [-0.15, -0.1) is 0 Å². The number of pyridine rings is 1. The van der Waals surface area contributed by atoms with Gasteiger partial charge in [0.2, 0.25) is 0 Å². The lowest BCUT2D eigenvalue weighted by Gasteiger charge is -2.21. The van der Waals surface area contributed by atoms with Crippen LogP contribution in [0.25, 0.3) is 0 Å². The summed E-state index contributed by atoms with van der Waals surface area (Å²) in [6, 6.07) is 18.2. The number of benzene rings is 2. The van der Waals surface area contributed by atoms with Gasteiger partial charge in [0.15, 0.2) is 0 Å². The van der Waals surface area contributed by atoms with Crippen LogP contribution in [0.15, 0.2) is 66.9 Å². The standard InChI is InChI=1S/C23H23N3O3/c1-4-26(18-9-7-8-16(2)14-18)22(27)21-15-17(12-13-24-21)25-20-11-6-5-10-19(20)23(28)29-3/h5-15H,4H2,1-3H3,(H,24,25). The van der Waals surface area contributed by atoms with E-state index in [1.807, 2.05) is 44.2 Å². The molecule has 3 rings (SSSR count). The third-order valence-corrected chi connectivity index (χ3v) is 4.47. The van der Waals surface area contributed by atoms with Crippen molar-refractivity contribution in [1.82, 2.24) is 4.98 Å². The maximum atomic E-state index is 13.1. The minimum Gasteiger partial charge on any atom is -0.465 e. The maximum Gasteiger partial charge on any atom is 0.339 e. The van der Waals surface area contributed by atoms with E-state index in [0.717, 1.165) is 11.3 Å². The van der Waals surface area contributed by atoms with Crippen molar-refractivity contribution in [2.45, 2.75) is 13.8 Å². The molecule has 0 radical (unpaired) electrons. The molecule has 0 spiro atoms. The lowest BCUT2D eigenvalue weighted by molar-refractivity contribution is 0.0601. The summed E-state index contributed by atoms with van der Waals surface area (Å²) >= 11 is 0. The Balaban J connectivity index is 1.88. The zero-order valence-corrected chi connectivity index (χ0v) is 16.7. The number of anilines is 3. The predicted molar refractivity (Wildman–Crippen MR) is 114 cm³/mol. The number of aryl methyl sites for hydroxylation is 1. The topological polar surface area (TPSA) is 71.5 Å². The summed E-state index contributed by atoms with van der Waals surface area (Å²) in [5.41, 5.74) is 3.88. The molecule has 0 saturated heterocycles. The van der Waals surface area contributed by atoms with Crippen molar-refractivity contribution >= 4 is 28.9 Å². The molecule has 0 unspecified atom stereocenters. The summed E-state index contributed by atoms with van der Waals surface area (Å²) in [5, 5.41) is 3.18. The van der Waals surface area contributed by atoms with Gasteiger partial charge in [-0.3, -0.25) is 9.78 Å². The molecule has 0 saturated carbocycles. The minimum absolute atomic E-state index is 0.192. The second-order valence-corrected chi connectivity index (χ2v) is 6.48. The third-order valence-electron chi connectivity index (χ3n) is 4.47. The van der Waals surface area contributed by atoms with Gasteiger partial charge in [0.1, 0.15) is 5.69 Å². The van der Waals surface area contributed by atoms with E-state index in [1.165, 1.54) is 7.11 Å². The number of methoxy groups -OCH3 is 1. The number of carbonyl (C=O) groups is 2. The zero-order chi connectivity index (χ0) is 20.8. The average molecular weight is 389 g/mol. The van der Waals surface area contributed by atoms with Crippen LogP contribution in [0.3, 0.4) is 0 Å². The van der Waals surface area contributed by atoms with Crippen molar-refractivity contribution < 1.29 is 14.3 Å². The molecule has 6 heteroatoms. The first kappa shape index (κ1) is 20.1. The van der Waals surface area contributed by atoms with Crippen LogP contribution in [0.5, 0.6) is 0 Å². The number of nitrogens with one attached hydrogen (secondary N) is 1. The third kappa shape index (κ3) is 4.60. The van der Waals surface area contributed by atoms with E-state index < -0.39 is 5.97 Å². The monoisotopic (exact) mass is 389 g/mol. The quantitative estimate of drug-likeness (QED) is 0.625. The van der Waals surface area contributed by atoms with Crippen molar-refractivity contribution in [3.63, 3.8) is 0 Å². The van der Waals surface area contributed by atoms with Gasteiger partial charge >= 0.3 is 5.97 Å². The van der Waals surface area contributed by atoms with E-state index in [4.69, 9.17) is 4.74 Å². The normalized spacial score (nSPS) is 10.3. The van der Waals surface area contributed by atoms with Crippen molar-refractivity contribution in [3.05, 3.63) is 83.7 Å². The number of hydrogen-bond donors (Lipinski definition) is 1. The molecule has 1 N–H and O–H groups in total. The first-order valence-corrected chi connectivity index (χ1v) is 9.32. The van der Waals surface area contributed by atoms with Gasteiger partial charge in [-0.05, 0) is 55.8 Å². The number of aromatic nitrogens is 1. The van der Waals surface area contributed by atoms with Crippen LogP contribution >= 0.6 is 0 Å². The number of esters is 1. The number of amides is 1. The molecule has 0 aliphatic carbocycles. The van der Waals surface area contributed by atoms with Crippen molar-refractivity contribution in [1.29, 1.82) is 0 Å². The molecular weight excluding hydrogens is 366 g/mol. The highest BCUT2D eigenvalue weighted by Gasteiger charge is 2.18. The van der Waals surface area contributed by atoms with Crippen LogP contribution < -0.4 is 10.2 Å². The van der Waals surface area contributed by atoms with Crippen LogP contribution in [-0.4, -0.2) is 30.5 Å². The van der Waals surface area contributed by atoms with Crippen LogP contribution in [0.1, 0.15) is 33.3 Å². The van der Waals surface area contributed by atoms with Crippen LogP contribution in [0.2, 0.25) is 0 Å². The number of para-hydroxylation sites is 1. The van der Waals surface area contributed by atoms with Gasteiger partial charge in [-0.1, -0.05) is 24.3 Å². The first-order chi connectivity index (χ1) is 14.0. The minimum atomic E-state index is -0.435. The Hall–Kier alpha value is -3.67. The largest absolute Gasteiger partial charge is 0.465 e. The Bertz CT molecular complexity index is 1030. The van der Waals surface area contributed by atoms with Gasteiger partial charge in [-0.25, -0.2) is 4.79 Å². The second kappa shape index (κ2) is 9.01. The molecular formula is C23H23N3O3. The molecule has 0 bridgehead atoms. The van der Waals surface area contributed by atoms with Crippen LogP contribution in [0.4, 0.5) is 17.1 Å². The van der Waals surface area contributed by atoms with Gasteiger partial charge in [0.25, 0.3) is 5.91 Å². The van der Waals surface area contributed by atoms with Crippen LogP contribution in [-0.2, 0) is 4.74 Å². The number of ether oxygens (including phenoxy) is 1. The fourth-order valence-corrected chi connectivity index (χ4v) is 3.04. The molecule has 0 fully saturated rings. The summed E-state index contributed by atoms with van der Waals surface area (Å²) in [5.74, 6) is -0.627. The van der Waals surface area contributed by atoms with E-state index >= 15 is 0 Å². The highest BCUT2D eigenvalue weighted by molar-refractivity contribution is 6.05. The molecule has 1 amide bonds. The first-order valence-electron chi connectivity index (χ1n) is 9.32. The predicted octanol–water partition coefficient (Wildman–Crippen LogP) is 4.59. The van der Waals surface area contributed by atoms with Crippen LogP contribution in [0, 0.1) is 6.92 Å². The molecule has 148 valence electrons. The highest BCUT2D eigenvalue weighted by Crippen LogP contribution is 2.23. The smallest absolute Gasteiger partial charge is 0.339 e. The molecule has 1 heterocycles. The number of carbonyl (C=O) groups excluding carboxylic acids is 2. The summed E-state index contributed by atoms with van der Waals surface area (Å²) in [6.45, 7) is 4.44. The Morgan fingerprint density at radius 1 is 1.07 bits per heavy atom. The van der Waals surface area contributed by atoms with E-state index in [1.54, 1.807) is 41.4 Å². The summed E-state index contributed by atoms with van der Waals surface area (Å²) in [6.07, 6.45) is 1.57. The lowest BCUT2D eigenvalue weighted by atomic mass is 10.1. The number of hydrogen-bond acceptors (Lipinski definition) is 5. The molecule has 0 atom stereocenters. The zero-order valence-electron chi connectivity index (χ0n) is 16.7. The fraction of sp³-hybridized carbons (Fsp3) is 0.174. The summed E-state index contributed by atoms with van der Waals surface area (Å²) in [4.78, 5) is 31.0. The summed E-state index contributed by atoms with van der Waals surface area (Å²) in [7, 11) is 1.34. The Kier molecular flexibility index (Phi) is 6.24. The molecule has 0 aliphatic heterocycles. The van der Waals surface area contributed by atoms with E-state index in [0.29, 0.717) is 29.2 Å². The van der Waals surface area contributed by atoms with Crippen molar-refractivity contribution in [2.24, 2.45) is 0 Å². The van der Waals surface area contributed by atoms with E-state index in [-0.39, 0.29) is 5.91 Å². The fourth-order valence-electron chi connectivity index (χ4n) is 3.04. The molecule has 1 aromatic heterocycles. The molecule has 6 nitrogen and oxygen atoms in total. The van der Waals surface area contributed by atoms with Crippen molar-refractivity contribution in [3.8, 4) is 0 Å². The number of rotatable bonds is 6. The molecule has 0 aliphatic rings. The lowest BCUT2D eigenvalue weighted by Crippen LogP contribution is -2.31. The van der Waals surface area contributed by atoms with Gasteiger partial charge < -0.3 is 15.0 Å². The van der Waals surface area contributed by atoms with Crippen molar-refractivity contribution in [2.75, 3.05) is 23.9 Å². The Morgan fingerprint density at radius 3 is 2.59 bits per heavy atom. The average Bonchev–Trinajstić information content (AvgIpc) is 2.74. The SMILES string of the molecule is CCN(C(=O)c1cc(Nc2ccccc2C(=O)OC)ccn1)c1cccc(C)c1. The van der Waals surface area contributed by atoms with E-state index in [9.17, 15) is 9.59 Å². The highest BCUT2D eigenvalue weighted by atomic mass is 16.5. The molecule has 2 aromatic carbocycles. The molecule has 3 aromatic rings. The Morgan fingerprint density at radius 2 is 1.86 bits per heavy atom. The summed E-state index contributed by atoms with van der Waals surface area (Å²) < 4.78 is 4.83. The number of nitrogens with zero attached hydrogens (tertiary/aromatic N) is 2. The maximum absolute atomic E-state index is 13.1. The van der Waals surface area contributed by atoms with Gasteiger partial charge in [-0.2, -0.15) is 0 Å².